The molecule has 0 aliphatic carbocycles. The maximum Gasteiger partial charge on any atom is 0.338 e. The number of nitrogens with zero attached hydrogens (tertiary/aromatic N) is 1. The third-order valence-corrected chi connectivity index (χ3v) is 2.41. The van der Waals surface area contributed by atoms with E-state index >= 15 is 0 Å². The predicted molar refractivity (Wildman–Crippen MR) is 65.1 cm³/mol. The van der Waals surface area contributed by atoms with Crippen LogP contribution in [0.1, 0.15) is 30.6 Å². The van der Waals surface area contributed by atoms with Crippen molar-refractivity contribution >= 4 is 11.7 Å². The van der Waals surface area contributed by atoms with Crippen molar-refractivity contribution in [3.05, 3.63) is 29.8 Å². The first-order valence-electron chi connectivity index (χ1n) is 5.38. The Balaban J connectivity index is 2.46. The Bertz CT molecular complexity index is 430. The molecule has 0 heterocycles. The minimum atomic E-state index is -0.471. The molecule has 0 fully saturated rings. The van der Waals surface area contributed by atoms with Gasteiger partial charge in [0.2, 0.25) is 0 Å². The summed E-state index contributed by atoms with van der Waals surface area (Å²) in [6.45, 7) is 3.86. The molecule has 0 saturated heterocycles. The Morgan fingerprint density at radius 2 is 2.00 bits per heavy atom. The van der Waals surface area contributed by atoms with Gasteiger partial charge in [-0.05, 0) is 44.5 Å². The fourth-order valence-corrected chi connectivity index (χ4v) is 1.16. The molecule has 4 nitrogen and oxygen atoms in total. The highest BCUT2D eigenvalue weighted by Crippen LogP contribution is 2.18. The molecular weight excluding hydrogens is 216 g/mol. The molecule has 0 aromatic heterocycles. The van der Waals surface area contributed by atoms with Crippen molar-refractivity contribution in [2.24, 2.45) is 5.41 Å². The average molecular weight is 232 g/mol. The van der Waals surface area contributed by atoms with E-state index in [9.17, 15) is 4.79 Å². The summed E-state index contributed by atoms with van der Waals surface area (Å²) in [5.74, 6) is -0.390. The van der Waals surface area contributed by atoms with Gasteiger partial charge in [-0.2, -0.15) is 5.26 Å². The molecule has 0 saturated carbocycles. The second-order valence-electron chi connectivity index (χ2n) is 4.50. The van der Waals surface area contributed by atoms with Crippen molar-refractivity contribution in [2.45, 2.75) is 20.3 Å². The van der Waals surface area contributed by atoms with Crippen molar-refractivity contribution in [3.63, 3.8) is 0 Å². The number of anilines is 1. The minimum absolute atomic E-state index is 0.240. The Labute approximate surface area is 101 Å². The van der Waals surface area contributed by atoms with E-state index in [1.807, 2.05) is 13.8 Å². The summed E-state index contributed by atoms with van der Waals surface area (Å²) in [7, 11) is 0. The topological polar surface area (TPSA) is 76.1 Å². The zero-order valence-electron chi connectivity index (χ0n) is 10.1. The number of carbonyl (C=O) groups is 1. The van der Waals surface area contributed by atoms with Gasteiger partial charge >= 0.3 is 5.97 Å². The van der Waals surface area contributed by atoms with Crippen LogP contribution in [0.3, 0.4) is 0 Å². The van der Waals surface area contributed by atoms with Gasteiger partial charge in [0.15, 0.2) is 0 Å². The Morgan fingerprint density at radius 3 is 2.53 bits per heavy atom. The monoisotopic (exact) mass is 232 g/mol. The van der Waals surface area contributed by atoms with Crippen LogP contribution in [0, 0.1) is 16.7 Å². The quantitative estimate of drug-likeness (QED) is 0.638. The standard InChI is InChI=1S/C13H16N2O2/c1-13(2,9-14)7-8-17-12(16)10-3-5-11(15)6-4-10/h3-6H,7-8,15H2,1-2H3. The number of carbonyl (C=O) groups excluding carboxylic acids is 1. The second kappa shape index (κ2) is 5.35. The minimum Gasteiger partial charge on any atom is -0.462 e. The first-order valence-corrected chi connectivity index (χ1v) is 5.38. The van der Waals surface area contributed by atoms with Crippen LogP contribution >= 0.6 is 0 Å². The highest BCUT2D eigenvalue weighted by Gasteiger charge is 2.17. The average Bonchev–Trinajstić information content (AvgIpc) is 2.29. The molecule has 0 radical (unpaired) electrons. The first kappa shape index (κ1) is 13.0. The number of benzene rings is 1. The summed E-state index contributed by atoms with van der Waals surface area (Å²) >= 11 is 0. The smallest absolute Gasteiger partial charge is 0.338 e. The molecule has 0 bridgehead atoms. The second-order valence-corrected chi connectivity index (χ2v) is 4.50. The van der Waals surface area contributed by atoms with Crippen LogP contribution in [0.5, 0.6) is 0 Å². The number of ether oxygens (including phenoxy) is 1. The van der Waals surface area contributed by atoms with E-state index < -0.39 is 11.4 Å². The van der Waals surface area contributed by atoms with Crippen LogP contribution in [0.15, 0.2) is 24.3 Å². The summed E-state index contributed by atoms with van der Waals surface area (Å²) in [5, 5.41) is 8.80. The first-order chi connectivity index (χ1) is 7.94. The van der Waals surface area contributed by atoms with Gasteiger partial charge in [0.25, 0.3) is 0 Å². The summed E-state index contributed by atoms with van der Waals surface area (Å²) in [5.41, 5.74) is 6.11. The molecule has 1 aromatic rings. The van der Waals surface area contributed by atoms with Crippen LogP contribution in [-0.2, 0) is 4.74 Å². The van der Waals surface area contributed by atoms with Crippen molar-refractivity contribution in [2.75, 3.05) is 12.3 Å². The molecule has 0 amide bonds. The molecule has 0 aliphatic rings. The van der Waals surface area contributed by atoms with Crippen molar-refractivity contribution < 1.29 is 9.53 Å². The molecule has 1 rings (SSSR count). The number of nitriles is 1. The third kappa shape index (κ3) is 4.15. The van der Waals surface area contributed by atoms with Crippen LogP contribution in [0.2, 0.25) is 0 Å². The number of hydrogen-bond donors (Lipinski definition) is 1. The third-order valence-electron chi connectivity index (χ3n) is 2.41. The zero-order valence-corrected chi connectivity index (χ0v) is 10.1. The molecule has 17 heavy (non-hydrogen) atoms. The van der Waals surface area contributed by atoms with Gasteiger partial charge < -0.3 is 10.5 Å². The number of hydrogen-bond acceptors (Lipinski definition) is 4. The summed E-state index contributed by atoms with van der Waals surface area (Å²) in [4.78, 5) is 11.6. The number of rotatable bonds is 4. The largest absolute Gasteiger partial charge is 0.462 e. The van der Waals surface area contributed by atoms with E-state index in [1.54, 1.807) is 24.3 Å². The molecule has 2 N–H and O–H groups in total. The van der Waals surface area contributed by atoms with Crippen molar-refractivity contribution in [1.82, 2.24) is 0 Å². The molecule has 90 valence electrons. The lowest BCUT2D eigenvalue weighted by Gasteiger charge is -2.14. The Hall–Kier alpha value is -2.02. The molecule has 0 atom stereocenters. The Morgan fingerprint density at radius 1 is 1.41 bits per heavy atom. The number of nitrogen functional groups attached to an aromatic ring is 1. The maximum atomic E-state index is 11.6. The maximum absolute atomic E-state index is 11.6. The fourth-order valence-electron chi connectivity index (χ4n) is 1.16. The molecule has 1 aromatic carbocycles. The lowest BCUT2D eigenvalue weighted by molar-refractivity contribution is 0.0475. The van der Waals surface area contributed by atoms with Gasteiger partial charge in [0.1, 0.15) is 0 Å². The fraction of sp³-hybridized carbons (Fsp3) is 0.385. The van der Waals surface area contributed by atoms with Gasteiger partial charge in [-0.1, -0.05) is 0 Å². The Kier molecular flexibility index (Phi) is 4.11. The lowest BCUT2D eigenvalue weighted by Crippen LogP contribution is -2.14. The van der Waals surface area contributed by atoms with Gasteiger partial charge in [-0.3, -0.25) is 0 Å². The zero-order chi connectivity index (χ0) is 12.9. The van der Waals surface area contributed by atoms with E-state index in [-0.39, 0.29) is 6.61 Å². The van der Waals surface area contributed by atoms with Gasteiger partial charge in [0.05, 0.1) is 23.7 Å². The van der Waals surface area contributed by atoms with Crippen LogP contribution in [0.25, 0.3) is 0 Å². The highest BCUT2D eigenvalue weighted by molar-refractivity contribution is 5.89. The summed E-state index contributed by atoms with van der Waals surface area (Å²) in [6, 6.07) is 8.69. The molecule has 4 heteroatoms. The number of esters is 1. The lowest BCUT2D eigenvalue weighted by atomic mass is 9.92. The summed E-state index contributed by atoms with van der Waals surface area (Å²) < 4.78 is 5.07. The normalized spacial score (nSPS) is 10.6. The SMILES string of the molecule is CC(C)(C#N)CCOC(=O)c1ccc(N)cc1. The van der Waals surface area contributed by atoms with Gasteiger partial charge in [-0.15, -0.1) is 0 Å². The van der Waals surface area contributed by atoms with E-state index in [4.69, 9.17) is 15.7 Å². The van der Waals surface area contributed by atoms with Crippen LogP contribution in [0.4, 0.5) is 5.69 Å². The van der Waals surface area contributed by atoms with E-state index in [2.05, 4.69) is 6.07 Å². The molecule has 0 spiro atoms. The van der Waals surface area contributed by atoms with Crippen LogP contribution < -0.4 is 5.73 Å². The van der Waals surface area contributed by atoms with E-state index in [0.29, 0.717) is 17.7 Å². The molecule has 0 aliphatic heterocycles. The summed E-state index contributed by atoms with van der Waals surface area (Å²) in [6.07, 6.45) is 0.518. The molecular formula is C13H16N2O2. The molecule has 0 unspecified atom stereocenters. The van der Waals surface area contributed by atoms with Crippen molar-refractivity contribution in [1.29, 1.82) is 5.26 Å². The van der Waals surface area contributed by atoms with Crippen LogP contribution in [-0.4, -0.2) is 12.6 Å². The van der Waals surface area contributed by atoms with E-state index in [1.165, 1.54) is 0 Å². The van der Waals surface area contributed by atoms with Gasteiger partial charge in [-0.25, -0.2) is 4.79 Å². The van der Waals surface area contributed by atoms with Gasteiger partial charge in [0, 0.05) is 5.69 Å². The number of nitrogens with two attached hydrogens (primary N) is 1. The predicted octanol–water partition coefficient (Wildman–Crippen LogP) is 2.37. The van der Waals surface area contributed by atoms with E-state index in [0.717, 1.165) is 0 Å². The highest BCUT2D eigenvalue weighted by atomic mass is 16.5. The van der Waals surface area contributed by atoms with Crippen molar-refractivity contribution in [3.8, 4) is 6.07 Å².